The van der Waals surface area contributed by atoms with E-state index in [1.165, 1.54) is 12.6 Å². The molecule has 1 aliphatic carbocycles. The number of ether oxygens (including phenoxy) is 2. The van der Waals surface area contributed by atoms with Gasteiger partial charge in [-0.15, -0.1) is 0 Å². The van der Waals surface area contributed by atoms with Gasteiger partial charge in [0, 0.05) is 36.8 Å². The Hall–Kier alpha value is -3.13. The van der Waals surface area contributed by atoms with Crippen LogP contribution in [-0.4, -0.2) is 65.5 Å². The summed E-state index contributed by atoms with van der Waals surface area (Å²) in [6.07, 6.45) is 3.87. The number of pyridine rings is 1. The molecular formula is C23H26F3N3O5. The van der Waals surface area contributed by atoms with Crippen LogP contribution in [0.3, 0.4) is 0 Å². The summed E-state index contributed by atoms with van der Waals surface area (Å²) in [6.45, 7) is 2.81. The molecule has 2 aliphatic heterocycles. The zero-order valence-electron chi connectivity index (χ0n) is 18.5. The SMILES string of the molecule is N#Cc1ccc(OCC[C@H]2CO[C@H]3CN(C(=O)C4=CCCCC4)C[C@@H]23)nc1.O=C(O)C(F)(F)F. The molecule has 3 atom stereocenters. The number of nitrogens with zero attached hydrogens (tertiary/aromatic N) is 3. The zero-order valence-corrected chi connectivity index (χ0v) is 18.5. The maximum absolute atomic E-state index is 12.7. The molecule has 34 heavy (non-hydrogen) atoms. The number of carbonyl (C=O) groups excluding carboxylic acids is 1. The molecule has 0 spiro atoms. The zero-order chi connectivity index (χ0) is 24.7. The summed E-state index contributed by atoms with van der Waals surface area (Å²) in [6, 6.07) is 5.47. The number of aliphatic carboxylic acids is 1. The predicted molar refractivity (Wildman–Crippen MR) is 113 cm³/mol. The van der Waals surface area contributed by atoms with Crippen LogP contribution in [0.1, 0.15) is 37.7 Å². The van der Waals surface area contributed by atoms with Crippen LogP contribution in [-0.2, 0) is 14.3 Å². The smallest absolute Gasteiger partial charge is 0.478 e. The molecule has 0 unspecified atom stereocenters. The number of alkyl halides is 3. The van der Waals surface area contributed by atoms with Gasteiger partial charge in [0.15, 0.2) is 0 Å². The Morgan fingerprint density at radius 3 is 2.65 bits per heavy atom. The second-order valence-corrected chi connectivity index (χ2v) is 8.42. The molecule has 2 fully saturated rings. The third kappa shape index (κ3) is 6.70. The summed E-state index contributed by atoms with van der Waals surface area (Å²) in [4.78, 5) is 27.8. The van der Waals surface area contributed by atoms with Crippen LogP contribution in [0, 0.1) is 23.2 Å². The lowest BCUT2D eigenvalue weighted by Gasteiger charge is -2.22. The van der Waals surface area contributed by atoms with Crippen molar-refractivity contribution < 1.29 is 37.3 Å². The summed E-state index contributed by atoms with van der Waals surface area (Å²) in [5.41, 5.74) is 1.52. The van der Waals surface area contributed by atoms with Crippen molar-refractivity contribution in [2.45, 2.75) is 44.4 Å². The van der Waals surface area contributed by atoms with Gasteiger partial charge in [0.25, 0.3) is 0 Å². The van der Waals surface area contributed by atoms with Gasteiger partial charge in [-0.25, -0.2) is 9.78 Å². The molecule has 4 rings (SSSR count). The highest BCUT2D eigenvalue weighted by Crippen LogP contribution is 2.36. The number of hydrogen-bond acceptors (Lipinski definition) is 6. The lowest BCUT2D eigenvalue weighted by atomic mass is 9.91. The molecular weight excluding hydrogens is 455 g/mol. The number of fused-ring (bicyclic) bond motifs is 1. The minimum atomic E-state index is -5.08. The fourth-order valence-electron chi connectivity index (χ4n) is 4.34. The van der Waals surface area contributed by atoms with Gasteiger partial charge in [0.05, 0.1) is 24.9 Å². The Labute approximate surface area is 195 Å². The number of rotatable bonds is 5. The van der Waals surface area contributed by atoms with Crippen molar-refractivity contribution in [3.8, 4) is 11.9 Å². The van der Waals surface area contributed by atoms with Crippen molar-refractivity contribution in [3.05, 3.63) is 35.5 Å². The molecule has 1 amide bonds. The Morgan fingerprint density at radius 2 is 2.06 bits per heavy atom. The van der Waals surface area contributed by atoms with Crippen LogP contribution < -0.4 is 4.74 Å². The Bertz CT molecular complexity index is 943. The van der Waals surface area contributed by atoms with E-state index in [2.05, 4.69) is 11.1 Å². The Balaban J connectivity index is 0.000000406. The van der Waals surface area contributed by atoms with Gasteiger partial charge in [-0.1, -0.05) is 6.08 Å². The molecule has 1 aromatic heterocycles. The van der Waals surface area contributed by atoms with E-state index in [1.54, 1.807) is 12.1 Å². The second-order valence-electron chi connectivity index (χ2n) is 8.42. The topological polar surface area (TPSA) is 113 Å². The van der Waals surface area contributed by atoms with E-state index in [4.69, 9.17) is 24.6 Å². The van der Waals surface area contributed by atoms with Gasteiger partial charge in [-0.3, -0.25) is 4.79 Å². The molecule has 0 saturated carbocycles. The second kappa shape index (κ2) is 11.3. The number of hydrogen-bond donors (Lipinski definition) is 1. The molecule has 1 N–H and O–H groups in total. The number of carboxylic acids is 1. The van der Waals surface area contributed by atoms with Crippen molar-refractivity contribution in [2.24, 2.45) is 11.8 Å². The monoisotopic (exact) mass is 481 g/mol. The minimum Gasteiger partial charge on any atom is -0.478 e. The van der Waals surface area contributed by atoms with Crippen LogP contribution in [0.2, 0.25) is 0 Å². The van der Waals surface area contributed by atoms with Crippen LogP contribution in [0.5, 0.6) is 5.88 Å². The first-order chi connectivity index (χ1) is 16.2. The molecule has 0 bridgehead atoms. The molecule has 11 heteroatoms. The average molecular weight is 481 g/mol. The highest BCUT2D eigenvalue weighted by atomic mass is 19.4. The van der Waals surface area contributed by atoms with E-state index < -0.39 is 12.1 Å². The summed E-state index contributed by atoms with van der Waals surface area (Å²) in [7, 11) is 0. The van der Waals surface area contributed by atoms with Crippen LogP contribution in [0.4, 0.5) is 13.2 Å². The summed E-state index contributed by atoms with van der Waals surface area (Å²) < 4.78 is 43.4. The third-order valence-electron chi connectivity index (χ3n) is 6.14. The number of allylic oxidation sites excluding steroid dienone is 1. The normalized spacial score (nSPS) is 23.8. The number of carbonyl (C=O) groups is 2. The maximum atomic E-state index is 12.7. The number of carboxylic acid groups (broad SMARTS) is 1. The fraction of sp³-hybridized carbons (Fsp3) is 0.565. The summed E-state index contributed by atoms with van der Waals surface area (Å²) in [5, 5.41) is 15.9. The van der Waals surface area contributed by atoms with Crippen molar-refractivity contribution >= 4 is 11.9 Å². The number of likely N-dealkylation sites (tertiary alicyclic amines) is 1. The lowest BCUT2D eigenvalue weighted by molar-refractivity contribution is -0.192. The Morgan fingerprint density at radius 1 is 1.29 bits per heavy atom. The molecule has 0 aromatic carbocycles. The quantitative estimate of drug-likeness (QED) is 0.686. The molecule has 184 valence electrons. The highest BCUT2D eigenvalue weighted by Gasteiger charge is 2.45. The van der Waals surface area contributed by atoms with Crippen molar-refractivity contribution in [2.75, 3.05) is 26.3 Å². The first-order valence-corrected chi connectivity index (χ1v) is 11.1. The van der Waals surface area contributed by atoms with E-state index in [1.807, 2.05) is 11.0 Å². The van der Waals surface area contributed by atoms with Gasteiger partial charge in [-0.05, 0) is 44.1 Å². The summed E-state index contributed by atoms with van der Waals surface area (Å²) in [5.74, 6) is -1.20. The molecule has 0 radical (unpaired) electrons. The van der Waals surface area contributed by atoms with Gasteiger partial charge in [0.2, 0.25) is 11.8 Å². The van der Waals surface area contributed by atoms with Crippen LogP contribution >= 0.6 is 0 Å². The fourth-order valence-corrected chi connectivity index (χ4v) is 4.34. The van der Waals surface area contributed by atoms with Gasteiger partial charge >= 0.3 is 12.1 Å². The first kappa shape index (κ1) is 25.5. The number of aromatic nitrogens is 1. The van der Waals surface area contributed by atoms with E-state index in [9.17, 15) is 18.0 Å². The number of amides is 1. The molecule has 1 aromatic rings. The third-order valence-corrected chi connectivity index (χ3v) is 6.14. The lowest BCUT2D eigenvalue weighted by Crippen LogP contribution is -2.33. The van der Waals surface area contributed by atoms with Gasteiger partial charge in [0.1, 0.15) is 6.07 Å². The van der Waals surface area contributed by atoms with Crippen LogP contribution in [0.25, 0.3) is 0 Å². The first-order valence-electron chi connectivity index (χ1n) is 11.1. The Kier molecular flexibility index (Phi) is 8.50. The predicted octanol–water partition coefficient (Wildman–Crippen LogP) is 3.33. The standard InChI is InChI=1S/C21H25N3O3.C2HF3O2/c22-10-15-6-7-20(23-11-15)26-9-8-17-14-27-19-13-24(12-18(17)19)21(25)16-4-2-1-3-5-16;3-2(4,5)1(6)7/h4,6-7,11,17-19H,1-3,5,8-9,12-14H2;(H,6,7)/t17-,18-,19-;/m0./s1. The van der Waals surface area contributed by atoms with Crippen molar-refractivity contribution in [1.82, 2.24) is 9.88 Å². The molecule has 3 aliphatic rings. The van der Waals surface area contributed by atoms with Gasteiger partial charge in [-0.2, -0.15) is 18.4 Å². The van der Waals surface area contributed by atoms with E-state index in [0.717, 1.165) is 51.0 Å². The highest BCUT2D eigenvalue weighted by molar-refractivity contribution is 5.93. The van der Waals surface area contributed by atoms with E-state index in [0.29, 0.717) is 29.9 Å². The van der Waals surface area contributed by atoms with E-state index >= 15 is 0 Å². The average Bonchev–Trinajstić information content (AvgIpc) is 3.41. The minimum absolute atomic E-state index is 0.163. The molecule has 3 heterocycles. The van der Waals surface area contributed by atoms with Crippen molar-refractivity contribution in [1.29, 1.82) is 5.26 Å². The van der Waals surface area contributed by atoms with Crippen molar-refractivity contribution in [3.63, 3.8) is 0 Å². The molecule has 2 saturated heterocycles. The number of nitriles is 1. The van der Waals surface area contributed by atoms with Crippen LogP contribution in [0.15, 0.2) is 30.0 Å². The summed E-state index contributed by atoms with van der Waals surface area (Å²) >= 11 is 0. The van der Waals surface area contributed by atoms with Gasteiger partial charge < -0.3 is 19.5 Å². The number of halogens is 3. The van der Waals surface area contributed by atoms with E-state index in [-0.39, 0.29) is 12.0 Å². The maximum Gasteiger partial charge on any atom is 0.490 e. The largest absolute Gasteiger partial charge is 0.490 e. The molecule has 8 nitrogen and oxygen atoms in total.